The molecule has 3 heterocycles. The summed E-state index contributed by atoms with van der Waals surface area (Å²) in [5.74, 6) is -0.688. The molecule has 1 N–H and O–H groups in total. The molecule has 0 atom stereocenters. The van der Waals surface area contributed by atoms with Gasteiger partial charge < -0.3 is 9.88 Å². The van der Waals surface area contributed by atoms with Crippen LogP contribution in [-0.2, 0) is 18.8 Å². The summed E-state index contributed by atoms with van der Waals surface area (Å²) in [5.41, 5.74) is -2.17. The molecular weight excluding hydrogens is 475 g/mol. The van der Waals surface area contributed by atoms with Crippen LogP contribution in [0.5, 0.6) is 0 Å². The lowest BCUT2D eigenvalue weighted by molar-refractivity contribution is -0.137. The second-order valence-corrected chi connectivity index (χ2v) is 9.17. The number of hydrogen-bond donors (Lipinski definition) is 1. The van der Waals surface area contributed by atoms with Gasteiger partial charge in [0.1, 0.15) is 0 Å². The minimum atomic E-state index is -4.73. The number of aryl methyl sites for hydroxylation is 1. The Hall–Kier alpha value is -4.09. The number of fused-ring (bicyclic) bond motifs is 1. The summed E-state index contributed by atoms with van der Waals surface area (Å²) in [5, 5.41) is 7.75. The molecule has 3 aromatic heterocycles. The highest BCUT2D eigenvalue weighted by atomic mass is 19.4. The number of amides is 1. The van der Waals surface area contributed by atoms with Gasteiger partial charge >= 0.3 is 6.18 Å². The van der Waals surface area contributed by atoms with Gasteiger partial charge in [-0.3, -0.25) is 9.59 Å². The molecule has 1 aliphatic rings. The van der Waals surface area contributed by atoms with Gasteiger partial charge in [0.15, 0.2) is 5.65 Å². The normalized spacial score (nSPS) is 14.9. The minimum absolute atomic E-state index is 0.0130. The maximum atomic E-state index is 14.1. The van der Waals surface area contributed by atoms with Crippen LogP contribution < -0.4 is 10.9 Å². The van der Waals surface area contributed by atoms with Gasteiger partial charge in [-0.15, -0.1) is 0 Å². The van der Waals surface area contributed by atoms with Crippen LogP contribution in [0.1, 0.15) is 54.5 Å². The number of aromatic nitrogens is 6. The van der Waals surface area contributed by atoms with Crippen molar-refractivity contribution in [2.45, 2.75) is 44.4 Å². The third kappa shape index (κ3) is 4.01. The van der Waals surface area contributed by atoms with Crippen molar-refractivity contribution in [3.63, 3.8) is 0 Å². The second kappa shape index (κ2) is 8.25. The Bertz CT molecular complexity index is 1550. The molecule has 186 valence electrons. The summed E-state index contributed by atoms with van der Waals surface area (Å²) in [7, 11) is 1.42. The summed E-state index contributed by atoms with van der Waals surface area (Å²) >= 11 is 0. The molecule has 1 amide bonds. The number of carbonyl (C=O) groups is 1. The molecule has 12 heteroatoms. The van der Waals surface area contributed by atoms with E-state index in [1.54, 1.807) is 10.9 Å². The summed E-state index contributed by atoms with van der Waals surface area (Å²) < 4.78 is 45.0. The maximum Gasteiger partial charge on any atom is 0.417 e. The lowest BCUT2D eigenvalue weighted by atomic mass is 9.94. The van der Waals surface area contributed by atoms with Crippen molar-refractivity contribution in [2.24, 2.45) is 7.05 Å². The van der Waals surface area contributed by atoms with Crippen molar-refractivity contribution >= 4 is 16.9 Å². The van der Waals surface area contributed by atoms with Gasteiger partial charge in [-0.05, 0) is 38.3 Å². The predicted molar refractivity (Wildman–Crippen MR) is 124 cm³/mol. The van der Waals surface area contributed by atoms with E-state index < -0.39 is 28.7 Å². The number of nitrogens with one attached hydrogen (secondary N) is 1. The highest BCUT2D eigenvalue weighted by molar-refractivity contribution is 5.93. The number of rotatable bonds is 5. The number of carbonyl (C=O) groups excluding carboxylic acids is 1. The quantitative estimate of drug-likeness (QED) is 0.452. The van der Waals surface area contributed by atoms with E-state index in [2.05, 4.69) is 25.4 Å². The first-order valence-corrected chi connectivity index (χ1v) is 11.3. The van der Waals surface area contributed by atoms with E-state index in [0.29, 0.717) is 29.4 Å². The standard InChI is InChI=1S/C24H22F3N7O2/c1-13(2)34-20-14(10-30-34)9-29-19(31-20)21(35)32-23(6-7-23)15-4-5-16(18(8-15)24(25,26)27)17-11-28-12-33(3)22(17)36/h4-5,8-13H,6-7H2,1-3H3,(H,32,35). The fraction of sp³-hybridized carbons (Fsp3) is 0.333. The van der Waals surface area contributed by atoms with Gasteiger partial charge in [-0.25, -0.2) is 19.6 Å². The Morgan fingerprint density at radius 2 is 1.89 bits per heavy atom. The molecule has 0 saturated heterocycles. The maximum absolute atomic E-state index is 14.1. The van der Waals surface area contributed by atoms with Crippen molar-refractivity contribution in [3.8, 4) is 11.1 Å². The summed E-state index contributed by atoms with van der Waals surface area (Å²) in [4.78, 5) is 37.8. The fourth-order valence-electron chi connectivity index (χ4n) is 4.21. The Balaban J connectivity index is 1.50. The van der Waals surface area contributed by atoms with E-state index >= 15 is 0 Å². The Labute approximate surface area is 203 Å². The third-order valence-electron chi connectivity index (χ3n) is 6.29. The first-order chi connectivity index (χ1) is 17.0. The lowest BCUT2D eigenvalue weighted by Crippen LogP contribution is -2.36. The van der Waals surface area contributed by atoms with Crippen LogP contribution in [0.2, 0.25) is 0 Å². The van der Waals surface area contributed by atoms with E-state index in [9.17, 15) is 22.8 Å². The number of nitrogens with zero attached hydrogens (tertiary/aromatic N) is 6. The molecule has 1 aromatic carbocycles. The van der Waals surface area contributed by atoms with Crippen LogP contribution in [0.15, 0.2) is 47.9 Å². The summed E-state index contributed by atoms with van der Waals surface area (Å²) in [6, 6.07) is 3.76. The van der Waals surface area contributed by atoms with Gasteiger partial charge in [0.2, 0.25) is 5.82 Å². The molecule has 0 bridgehead atoms. The minimum Gasteiger partial charge on any atom is -0.340 e. The molecule has 36 heavy (non-hydrogen) atoms. The SMILES string of the molecule is CC(C)n1ncc2cnc(C(=O)NC3(c4ccc(-c5cncn(C)c5=O)c(C(F)(F)F)c4)CC3)nc21. The van der Waals surface area contributed by atoms with Crippen molar-refractivity contribution < 1.29 is 18.0 Å². The zero-order chi connectivity index (χ0) is 25.8. The van der Waals surface area contributed by atoms with E-state index in [4.69, 9.17) is 0 Å². The van der Waals surface area contributed by atoms with Crippen LogP contribution in [0, 0.1) is 0 Å². The molecule has 1 saturated carbocycles. The van der Waals surface area contributed by atoms with Gasteiger partial charge in [0, 0.05) is 31.0 Å². The highest BCUT2D eigenvalue weighted by Crippen LogP contribution is 2.48. The third-order valence-corrected chi connectivity index (χ3v) is 6.29. The highest BCUT2D eigenvalue weighted by Gasteiger charge is 2.47. The zero-order valence-corrected chi connectivity index (χ0v) is 19.7. The molecule has 4 aromatic rings. The zero-order valence-electron chi connectivity index (χ0n) is 19.7. The Morgan fingerprint density at radius 3 is 2.56 bits per heavy atom. The van der Waals surface area contributed by atoms with Gasteiger partial charge in [0.25, 0.3) is 11.5 Å². The molecule has 5 rings (SSSR count). The van der Waals surface area contributed by atoms with Gasteiger partial charge in [0.05, 0.1) is 34.6 Å². The fourth-order valence-corrected chi connectivity index (χ4v) is 4.21. The van der Waals surface area contributed by atoms with Crippen molar-refractivity contribution in [1.29, 1.82) is 0 Å². The van der Waals surface area contributed by atoms with Gasteiger partial charge in [-0.2, -0.15) is 18.3 Å². The van der Waals surface area contributed by atoms with Gasteiger partial charge in [-0.1, -0.05) is 12.1 Å². The number of halogens is 3. The number of hydrogen-bond acceptors (Lipinski definition) is 6. The number of benzene rings is 1. The molecule has 0 spiro atoms. The molecule has 9 nitrogen and oxygen atoms in total. The van der Waals surface area contributed by atoms with E-state index in [1.807, 2.05) is 13.8 Å². The molecule has 0 aliphatic heterocycles. The molecule has 1 aliphatic carbocycles. The predicted octanol–water partition coefficient (Wildman–Crippen LogP) is 3.61. The van der Waals surface area contributed by atoms with Crippen molar-refractivity contribution in [3.05, 3.63) is 70.4 Å². The average Bonchev–Trinajstić information content (AvgIpc) is 3.48. The van der Waals surface area contributed by atoms with E-state index in [-0.39, 0.29) is 23.0 Å². The Kier molecular flexibility index (Phi) is 5.42. The summed E-state index contributed by atoms with van der Waals surface area (Å²) in [6.07, 6.45) is 1.64. The first-order valence-electron chi connectivity index (χ1n) is 11.3. The largest absolute Gasteiger partial charge is 0.417 e. The average molecular weight is 497 g/mol. The monoisotopic (exact) mass is 497 g/mol. The van der Waals surface area contributed by atoms with Crippen LogP contribution in [0.3, 0.4) is 0 Å². The number of alkyl halides is 3. The Morgan fingerprint density at radius 1 is 1.14 bits per heavy atom. The topological polar surface area (TPSA) is 108 Å². The molecule has 0 radical (unpaired) electrons. The molecule has 0 unspecified atom stereocenters. The summed E-state index contributed by atoms with van der Waals surface area (Å²) in [6.45, 7) is 3.85. The van der Waals surface area contributed by atoms with Crippen molar-refractivity contribution in [2.75, 3.05) is 0 Å². The van der Waals surface area contributed by atoms with Crippen LogP contribution in [0.4, 0.5) is 13.2 Å². The van der Waals surface area contributed by atoms with E-state index in [0.717, 1.165) is 16.8 Å². The van der Waals surface area contributed by atoms with E-state index in [1.165, 1.54) is 31.7 Å². The lowest BCUT2D eigenvalue weighted by Gasteiger charge is -2.21. The van der Waals surface area contributed by atoms with Crippen molar-refractivity contribution in [1.82, 2.24) is 34.6 Å². The smallest absolute Gasteiger partial charge is 0.340 e. The first kappa shape index (κ1) is 23.6. The molecule has 1 fully saturated rings. The van der Waals surface area contributed by atoms with Crippen LogP contribution in [-0.4, -0.2) is 35.2 Å². The molecular formula is C24H22F3N7O2. The van der Waals surface area contributed by atoms with Crippen LogP contribution in [0.25, 0.3) is 22.2 Å². The second-order valence-electron chi connectivity index (χ2n) is 9.17. The van der Waals surface area contributed by atoms with Crippen LogP contribution >= 0.6 is 0 Å².